The van der Waals surface area contributed by atoms with Crippen LogP contribution < -0.4 is 10.2 Å². The maximum absolute atomic E-state index is 11.0. The van der Waals surface area contributed by atoms with E-state index in [4.69, 9.17) is 5.11 Å². The zero-order valence-corrected chi connectivity index (χ0v) is 14.1. The number of aryl methyl sites for hydroxylation is 1. The van der Waals surface area contributed by atoms with E-state index in [1.807, 2.05) is 20.8 Å². The number of carbonyl (C=O) groups is 1. The molecule has 1 saturated heterocycles. The zero-order chi connectivity index (χ0) is 16.6. The van der Waals surface area contributed by atoms with Crippen molar-refractivity contribution in [1.29, 1.82) is 0 Å². The number of anilines is 1. The molecule has 0 aromatic carbocycles. The Balaban J connectivity index is 1.69. The van der Waals surface area contributed by atoms with E-state index in [0.29, 0.717) is 17.8 Å². The van der Waals surface area contributed by atoms with Crippen molar-refractivity contribution in [1.82, 2.24) is 15.3 Å². The molecule has 23 heavy (non-hydrogen) atoms. The summed E-state index contributed by atoms with van der Waals surface area (Å²) < 4.78 is 0. The molecular formula is C17H26N4O2. The summed E-state index contributed by atoms with van der Waals surface area (Å²) in [6, 6.07) is 2.05. The Morgan fingerprint density at radius 2 is 2.00 bits per heavy atom. The van der Waals surface area contributed by atoms with Gasteiger partial charge in [0.1, 0.15) is 12.1 Å². The smallest absolute Gasteiger partial charge is 0.405 e. The first-order chi connectivity index (χ1) is 10.8. The fourth-order valence-electron chi connectivity index (χ4n) is 4.40. The number of piperidine rings is 1. The van der Waals surface area contributed by atoms with Crippen molar-refractivity contribution < 1.29 is 9.90 Å². The van der Waals surface area contributed by atoms with Crippen molar-refractivity contribution in [3.05, 3.63) is 18.1 Å². The Kier molecular flexibility index (Phi) is 4.17. The van der Waals surface area contributed by atoms with E-state index in [1.54, 1.807) is 6.33 Å². The van der Waals surface area contributed by atoms with Crippen LogP contribution in [0, 0.1) is 24.7 Å². The minimum absolute atomic E-state index is 0.370. The molecule has 0 unspecified atom stereocenters. The molecule has 2 aliphatic rings. The average Bonchev–Trinajstić information content (AvgIpc) is 2.68. The molecule has 2 fully saturated rings. The van der Waals surface area contributed by atoms with Gasteiger partial charge in [-0.3, -0.25) is 0 Å². The number of nitrogens with one attached hydrogen (secondary N) is 1. The molecule has 0 radical (unpaired) electrons. The van der Waals surface area contributed by atoms with Crippen LogP contribution in [0.5, 0.6) is 0 Å². The van der Waals surface area contributed by atoms with Crippen LogP contribution in [0.25, 0.3) is 0 Å². The van der Waals surface area contributed by atoms with Gasteiger partial charge in [-0.05, 0) is 57.8 Å². The molecule has 2 bridgehead atoms. The van der Waals surface area contributed by atoms with Crippen molar-refractivity contribution in [2.45, 2.75) is 45.6 Å². The number of hydrogen-bond donors (Lipinski definition) is 2. The highest BCUT2D eigenvalue weighted by Gasteiger charge is 2.44. The number of fused-ring (bicyclic) bond motifs is 2. The Bertz CT molecular complexity index is 576. The molecule has 1 aliphatic carbocycles. The normalized spacial score (nSPS) is 27.1. The molecule has 0 spiro atoms. The SMILES string of the molecule is Cc1cc(N2C[C@H]3CC[C@@H](C2)[C@H]3CC(C)(C)NC(=O)O)ncn1. The molecule has 1 aliphatic heterocycles. The van der Waals surface area contributed by atoms with Gasteiger partial charge in [0.25, 0.3) is 0 Å². The lowest BCUT2D eigenvalue weighted by molar-refractivity contribution is 0.160. The maximum Gasteiger partial charge on any atom is 0.405 e. The van der Waals surface area contributed by atoms with Crippen molar-refractivity contribution in [3.63, 3.8) is 0 Å². The van der Waals surface area contributed by atoms with E-state index >= 15 is 0 Å². The summed E-state index contributed by atoms with van der Waals surface area (Å²) in [4.78, 5) is 22.0. The highest BCUT2D eigenvalue weighted by molar-refractivity contribution is 5.65. The van der Waals surface area contributed by atoms with Gasteiger partial charge < -0.3 is 15.3 Å². The molecule has 6 heteroatoms. The van der Waals surface area contributed by atoms with Gasteiger partial charge in [0.2, 0.25) is 0 Å². The van der Waals surface area contributed by atoms with Gasteiger partial charge in [-0.1, -0.05) is 0 Å². The summed E-state index contributed by atoms with van der Waals surface area (Å²) in [5, 5.41) is 11.7. The minimum Gasteiger partial charge on any atom is -0.465 e. The maximum atomic E-state index is 11.0. The third-order valence-electron chi connectivity index (χ3n) is 5.33. The second-order valence-corrected chi connectivity index (χ2v) is 7.70. The number of aromatic nitrogens is 2. The van der Waals surface area contributed by atoms with Crippen LogP contribution in [0.2, 0.25) is 0 Å². The quantitative estimate of drug-likeness (QED) is 0.892. The second kappa shape index (κ2) is 5.98. The van der Waals surface area contributed by atoms with Crippen LogP contribution in [0.15, 0.2) is 12.4 Å². The topological polar surface area (TPSA) is 78.4 Å². The van der Waals surface area contributed by atoms with E-state index in [-0.39, 0.29) is 5.54 Å². The van der Waals surface area contributed by atoms with E-state index in [9.17, 15) is 4.79 Å². The minimum atomic E-state index is -0.934. The van der Waals surface area contributed by atoms with Crippen LogP contribution in [-0.2, 0) is 0 Å². The summed E-state index contributed by atoms with van der Waals surface area (Å²) in [5.74, 6) is 2.87. The first kappa shape index (κ1) is 16.0. The van der Waals surface area contributed by atoms with Gasteiger partial charge in [0.05, 0.1) is 0 Å². The summed E-state index contributed by atoms with van der Waals surface area (Å²) in [5.41, 5.74) is 0.627. The van der Waals surface area contributed by atoms with E-state index in [2.05, 4.69) is 26.3 Å². The molecular weight excluding hydrogens is 292 g/mol. The molecule has 1 aromatic rings. The summed E-state index contributed by atoms with van der Waals surface area (Å²) in [6.07, 6.45) is 4.08. The molecule has 1 aromatic heterocycles. The number of amides is 1. The van der Waals surface area contributed by atoms with Gasteiger partial charge in [0.15, 0.2) is 0 Å². The fraction of sp³-hybridized carbons (Fsp3) is 0.706. The van der Waals surface area contributed by atoms with Gasteiger partial charge in [0, 0.05) is 30.4 Å². The van der Waals surface area contributed by atoms with Crippen LogP contribution in [-0.4, -0.2) is 39.8 Å². The molecule has 2 heterocycles. The third kappa shape index (κ3) is 3.57. The Hall–Kier alpha value is -1.85. The summed E-state index contributed by atoms with van der Waals surface area (Å²) in [7, 11) is 0. The lowest BCUT2D eigenvalue weighted by Crippen LogP contribution is -2.49. The standard InChI is InChI=1S/C17H26N4O2/c1-11-6-15(19-10-18-11)21-8-12-4-5-13(9-21)14(12)7-17(2,3)20-16(22)23/h6,10,12-14,20H,4-5,7-9H2,1-3H3,(H,22,23)/t12-,13+,14+. The lowest BCUT2D eigenvalue weighted by Gasteiger charge is -2.41. The molecule has 1 saturated carbocycles. The van der Waals surface area contributed by atoms with Crippen molar-refractivity contribution in [2.75, 3.05) is 18.0 Å². The van der Waals surface area contributed by atoms with Gasteiger partial charge in [-0.25, -0.2) is 14.8 Å². The van der Waals surface area contributed by atoms with Gasteiger partial charge in [-0.15, -0.1) is 0 Å². The summed E-state index contributed by atoms with van der Waals surface area (Å²) in [6.45, 7) is 8.00. The zero-order valence-electron chi connectivity index (χ0n) is 14.1. The van der Waals surface area contributed by atoms with Crippen LogP contribution in [0.4, 0.5) is 10.6 Å². The average molecular weight is 318 g/mol. The number of rotatable bonds is 4. The van der Waals surface area contributed by atoms with Crippen molar-refractivity contribution >= 4 is 11.9 Å². The van der Waals surface area contributed by atoms with E-state index < -0.39 is 6.09 Å². The van der Waals surface area contributed by atoms with Crippen LogP contribution >= 0.6 is 0 Å². The van der Waals surface area contributed by atoms with Gasteiger partial charge >= 0.3 is 6.09 Å². The van der Waals surface area contributed by atoms with Crippen LogP contribution in [0.1, 0.15) is 38.8 Å². The first-order valence-corrected chi connectivity index (χ1v) is 8.39. The highest BCUT2D eigenvalue weighted by atomic mass is 16.4. The molecule has 126 valence electrons. The fourth-order valence-corrected chi connectivity index (χ4v) is 4.40. The molecule has 6 nitrogen and oxygen atoms in total. The first-order valence-electron chi connectivity index (χ1n) is 8.39. The third-order valence-corrected chi connectivity index (χ3v) is 5.33. The number of hydrogen-bond acceptors (Lipinski definition) is 4. The van der Waals surface area contributed by atoms with Crippen LogP contribution in [0.3, 0.4) is 0 Å². The van der Waals surface area contributed by atoms with Gasteiger partial charge in [-0.2, -0.15) is 0 Å². The molecule has 1 amide bonds. The molecule has 3 atom stereocenters. The number of carboxylic acid groups (broad SMARTS) is 1. The van der Waals surface area contributed by atoms with E-state index in [1.165, 1.54) is 12.8 Å². The number of nitrogens with zero attached hydrogens (tertiary/aromatic N) is 3. The molecule has 2 N–H and O–H groups in total. The molecule has 3 rings (SSSR count). The van der Waals surface area contributed by atoms with Crippen molar-refractivity contribution in [2.24, 2.45) is 17.8 Å². The highest BCUT2D eigenvalue weighted by Crippen LogP contribution is 2.46. The second-order valence-electron chi connectivity index (χ2n) is 7.70. The lowest BCUT2D eigenvalue weighted by atomic mass is 9.77. The Labute approximate surface area is 137 Å². The monoisotopic (exact) mass is 318 g/mol. The largest absolute Gasteiger partial charge is 0.465 e. The van der Waals surface area contributed by atoms with E-state index in [0.717, 1.165) is 31.0 Å². The predicted molar refractivity (Wildman–Crippen MR) is 88.5 cm³/mol. The Morgan fingerprint density at radius 3 is 2.57 bits per heavy atom. The Morgan fingerprint density at radius 1 is 1.35 bits per heavy atom. The summed E-state index contributed by atoms with van der Waals surface area (Å²) >= 11 is 0. The van der Waals surface area contributed by atoms with Crippen molar-refractivity contribution in [3.8, 4) is 0 Å². The predicted octanol–water partition coefficient (Wildman–Crippen LogP) is 2.68.